The number of aromatic nitrogens is 3. The van der Waals surface area contributed by atoms with E-state index in [1.165, 1.54) is 25.0 Å². The van der Waals surface area contributed by atoms with E-state index in [4.69, 9.17) is 5.73 Å². The summed E-state index contributed by atoms with van der Waals surface area (Å²) in [6.07, 6.45) is 5.57. The third kappa shape index (κ3) is 2.67. The Bertz CT molecular complexity index is 519. The minimum atomic E-state index is 0.000469. The molecular weight excluding hydrogens is 256 g/mol. The van der Waals surface area contributed by atoms with Crippen molar-refractivity contribution in [2.45, 2.75) is 30.6 Å². The van der Waals surface area contributed by atoms with E-state index in [-0.39, 0.29) is 6.04 Å². The van der Waals surface area contributed by atoms with E-state index in [0.29, 0.717) is 5.25 Å². The highest BCUT2D eigenvalue weighted by atomic mass is 32.2. The molecule has 2 N–H and O–H groups in total. The van der Waals surface area contributed by atoms with E-state index in [1.54, 1.807) is 6.20 Å². The summed E-state index contributed by atoms with van der Waals surface area (Å²) in [5.41, 5.74) is 8.46. The first-order chi connectivity index (χ1) is 9.36. The Morgan fingerprint density at radius 2 is 2.11 bits per heavy atom. The molecule has 1 saturated heterocycles. The lowest BCUT2D eigenvalue weighted by atomic mass is 10.1. The molecule has 3 rings (SSSR count). The number of nitrogens with two attached hydrogens (primary N) is 1. The molecule has 4 nitrogen and oxygen atoms in total. The summed E-state index contributed by atoms with van der Waals surface area (Å²) in [7, 11) is 0. The van der Waals surface area contributed by atoms with Gasteiger partial charge in [0.25, 0.3) is 0 Å². The Balaban J connectivity index is 1.87. The van der Waals surface area contributed by atoms with E-state index < -0.39 is 0 Å². The van der Waals surface area contributed by atoms with Gasteiger partial charge in [-0.05, 0) is 30.7 Å². The standard InChI is InChI=1S/C14H18N4S/c15-14(13-8-4-5-9-19-13)12-10-16-17-18(12)11-6-2-1-3-7-11/h1-3,6-7,10,13-14H,4-5,8-9,15H2. The minimum Gasteiger partial charge on any atom is -0.322 e. The maximum atomic E-state index is 6.43. The molecule has 2 atom stereocenters. The van der Waals surface area contributed by atoms with Crippen molar-refractivity contribution < 1.29 is 0 Å². The topological polar surface area (TPSA) is 56.7 Å². The summed E-state index contributed by atoms with van der Waals surface area (Å²) in [5, 5.41) is 8.70. The molecule has 0 aliphatic carbocycles. The molecule has 2 aromatic rings. The summed E-state index contributed by atoms with van der Waals surface area (Å²) in [4.78, 5) is 0. The van der Waals surface area contributed by atoms with Gasteiger partial charge >= 0.3 is 0 Å². The van der Waals surface area contributed by atoms with Gasteiger partial charge in [0.2, 0.25) is 0 Å². The highest BCUT2D eigenvalue weighted by Crippen LogP contribution is 2.33. The Morgan fingerprint density at radius 3 is 2.84 bits per heavy atom. The Hall–Kier alpha value is -1.33. The molecule has 0 bridgehead atoms. The van der Waals surface area contributed by atoms with Gasteiger partial charge in [-0.3, -0.25) is 0 Å². The molecule has 1 aliphatic rings. The lowest BCUT2D eigenvalue weighted by molar-refractivity contribution is 0.558. The number of hydrogen-bond acceptors (Lipinski definition) is 4. The van der Waals surface area contributed by atoms with Gasteiger partial charge in [0, 0.05) is 5.25 Å². The SMILES string of the molecule is NC(c1cnnn1-c1ccccc1)C1CCCCS1. The van der Waals surface area contributed by atoms with Crippen molar-refractivity contribution >= 4 is 11.8 Å². The number of para-hydroxylation sites is 1. The number of benzene rings is 1. The minimum absolute atomic E-state index is 0.000469. The monoisotopic (exact) mass is 274 g/mol. The van der Waals surface area contributed by atoms with E-state index in [2.05, 4.69) is 10.3 Å². The van der Waals surface area contributed by atoms with Crippen LogP contribution in [0.25, 0.3) is 5.69 Å². The predicted molar refractivity (Wildman–Crippen MR) is 78.4 cm³/mol. The zero-order valence-electron chi connectivity index (χ0n) is 10.8. The lowest BCUT2D eigenvalue weighted by Crippen LogP contribution is -2.28. The molecule has 0 amide bonds. The number of thioether (sulfide) groups is 1. The van der Waals surface area contributed by atoms with Crippen molar-refractivity contribution in [3.05, 3.63) is 42.2 Å². The van der Waals surface area contributed by atoms with E-state index in [0.717, 1.165) is 11.4 Å². The molecule has 1 aromatic carbocycles. The van der Waals surface area contributed by atoms with Gasteiger partial charge in [0.1, 0.15) is 0 Å². The largest absolute Gasteiger partial charge is 0.322 e. The Morgan fingerprint density at radius 1 is 1.26 bits per heavy atom. The molecule has 0 spiro atoms. The quantitative estimate of drug-likeness (QED) is 0.934. The second kappa shape index (κ2) is 5.75. The summed E-state index contributed by atoms with van der Waals surface area (Å²) >= 11 is 1.98. The zero-order chi connectivity index (χ0) is 13.1. The van der Waals surface area contributed by atoms with Crippen LogP contribution < -0.4 is 5.73 Å². The first-order valence-corrected chi connectivity index (χ1v) is 7.74. The maximum Gasteiger partial charge on any atom is 0.0824 e. The van der Waals surface area contributed by atoms with Crippen LogP contribution in [0.5, 0.6) is 0 Å². The fraction of sp³-hybridized carbons (Fsp3) is 0.429. The van der Waals surface area contributed by atoms with Crippen LogP contribution >= 0.6 is 11.8 Å². The predicted octanol–water partition coefficient (Wildman–Crippen LogP) is 2.55. The average molecular weight is 274 g/mol. The second-order valence-corrected chi connectivity index (χ2v) is 6.18. The maximum absolute atomic E-state index is 6.43. The van der Waals surface area contributed by atoms with Crippen LogP contribution in [0.3, 0.4) is 0 Å². The Labute approximate surface area is 117 Å². The van der Waals surface area contributed by atoms with E-state index in [1.807, 2.05) is 46.8 Å². The van der Waals surface area contributed by atoms with Crippen molar-refractivity contribution in [1.29, 1.82) is 0 Å². The molecule has 19 heavy (non-hydrogen) atoms. The van der Waals surface area contributed by atoms with Crippen LogP contribution in [0.15, 0.2) is 36.5 Å². The summed E-state index contributed by atoms with van der Waals surface area (Å²) in [6.45, 7) is 0. The van der Waals surface area contributed by atoms with Crippen molar-refractivity contribution in [2.24, 2.45) is 5.73 Å². The fourth-order valence-electron chi connectivity index (χ4n) is 2.48. The molecule has 0 saturated carbocycles. The van der Waals surface area contributed by atoms with Gasteiger partial charge in [0.05, 0.1) is 23.6 Å². The summed E-state index contributed by atoms with van der Waals surface area (Å²) < 4.78 is 1.86. The number of hydrogen-bond donors (Lipinski definition) is 1. The van der Waals surface area contributed by atoms with Crippen LogP contribution in [-0.2, 0) is 0 Å². The van der Waals surface area contributed by atoms with Crippen LogP contribution in [0.1, 0.15) is 31.0 Å². The number of nitrogens with zero attached hydrogens (tertiary/aromatic N) is 3. The zero-order valence-corrected chi connectivity index (χ0v) is 11.6. The third-order valence-electron chi connectivity index (χ3n) is 3.53. The van der Waals surface area contributed by atoms with E-state index in [9.17, 15) is 0 Å². The van der Waals surface area contributed by atoms with Crippen LogP contribution in [0.4, 0.5) is 0 Å². The van der Waals surface area contributed by atoms with Crippen molar-refractivity contribution in [1.82, 2.24) is 15.0 Å². The molecule has 100 valence electrons. The normalized spacial score (nSPS) is 21.2. The summed E-state index contributed by atoms with van der Waals surface area (Å²) in [6, 6.07) is 10.1. The second-order valence-electron chi connectivity index (χ2n) is 4.84. The van der Waals surface area contributed by atoms with Crippen molar-refractivity contribution in [3.8, 4) is 5.69 Å². The van der Waals surface area contributed by atoms with Gasteiger partial charge in [-0.15, -0.1) is 5.10 Å². The molecule has 0 radical (unpaired) electrons. The van der Waals surface area contributed by atoms with Gasteiger partial charge in [0.15, 0.2) is 0 Å². The van der Waals surface area contributed by atoms with Gasteiger partial charge in [-0.2, -0.15) is 11.8 Å². The fourth-order valence-corrected chi connectivity index (χ4v) is 3.83. The van der Waals surface area contributed by atoms with Crippen molar-refractivity contribution in [3.63, 3.8) is 0 Å². The Kier molecular flexibility index (Phi) is 3.84. The smallest absolute Gasteiger partial charge is 0.0824 e. The van der Waals surface area contributed by atoms with Gasteiger partial charge in [-0.1, -0.05) is 29.8 Å². The van der Waals surface area contributed by atoms with Gasteiger partial charge < -0.3 is 5.73 Å². The molecule has 1 fully saturated rings. The number of rotatable bonds is 3. The molecule has 2 unspecified atom stereocenters. The average Bonchev–Trinajstić information content (AvgIpc) is 2.98. The van der Waals surface area contributed by atoms with Crippen LogP contribution in [0.2, 0.25) is 0 Å². The van der Waals surface area contributed by atoms with Crippen molar-refractivity contribution in [2.75, 3.05) is 5.75 Å². The third-order valence-corrected chi connectivity index (χ3v) is 5.01. The first-order valence-electron chi connectivity index (χ1n) is 6.69. The molecule has 2 heterocycles. The van der Waals surface area contributed by atoms with E-state index >= 15 is 0 Å². The molecular formula is C14H18N4S. The summed E-state index contributed by atoms with van der Waals surface area (Å²) in [5.74, 6) is 1.21. The highest BCUT2D eigenvalue weighted by Gasteiger charge is 2.25. The highest BCUT2D eigenvalue weighted by molar-refractivity contribution is 8.00. The van der Waals surface area contributed by atoms with Crippen LogP contribution in [0, 0.1) is 0 Å². The molecule has 5 heteroatoms. The van der Waals surface area contributed by atoms with Crippen LogP contribution in [-0.4, -0.2) is 26.0 Å². The molecule has 1 aliphatic heterocycles. The van der Waals surface area contributed by atoms with Gasteiger partial charge in [-0.25, -0.2) is 4.68 Å². The molecule has 1 aromatic heterocycles. The first kappa shape index (κ1) is 12.7. The lowest BCUT2D eigenvalue weighted by Gasteiger charge is -2.27.